The molecule has 0 radical (unpaired) electrons. The lowest BCUT2D eigenvalue weighted by atomic mass is 9.83. The topological polar surface area (TPSA) is 18.5 Å². The molecular weight excluding hydrogens is 352 g/mol. The summed E-state index contributed by atoms with van der Waals surface area (Å²) in [5.74, 6) is 0.286. The molecule has 0 amide bonds. The first-order valence-corrected chi connectivity index (χ1v) is 10.6. The molecule has 0 aromatic heterocycles. The largest absolute Gasteiger partial charge is 0.350 e. The second-order valence-electron chi connectivity index (χ2n) is 8.03. The fraction of sp³-hybridized carbons (Fsp3) is 0.417. The van der Waals surface area contributed by atoms with E-state index >= 15 is 0 Å². The van der Waals surface area contributed by atoms with Gasteiger partial charge >= 0.3 is 0 Å². The lowest BCUT2D eigenvalue weighted by Gasteiger charge is -2.44. The smallest absolute Gasteiger partial charge is 0.163 e. The zero-order valence-electron chi connectivity index (χ0n) is 16.4. The van der Waals surface area contributed by atoms with E-state index in [0.29, 0.717) is 11.8 Å². The predicted octanol–water partition coefficient (Wildman–Crippen LogP) is 6.52. The zero-order valence-corrected chi connectivity index (χ0v) is 17.2. The van der Waals surface area contributed by atoms with E-state index in [0.717, 1.165) is 13.0 Å². The minimum atomic E-state index is -0.538. The Labute approximate surface area is 167 Å². The van der Waals surface area contributed by atoms with Crippen molar-refractivity contribution in [3.63, 3.8) is 0 Å². The Balaban J connectivity index is 1.57. The molecule has 0 spiro atoms. The van der Waals surface area contributed by atoms with E-state index in [1.807, 2.05) is 25.6 Å². The van der Waals surface area contributed by atoms with Gasteiger partial charge in [-0.2, -0.15) is 0 Å². The summed E-state index contributed by atoms with van der Waals surface area (Å²) < 4.78 is 12.5. The third-order valence-electron chi connectivity index (χ3n) is 5.51. The summed E-state index contributed by atoms with van der Waals surface area (Å²) in [7, 11) is 0. The van der Waals surface area contributed by atoms with Crippen molar-refractivity contribution in [2.24, 2.45) is 11.8 Å². The minimum Gasteiger partial charge on any atom is -0.350 e. The van der Waals surface area contributed by atoms with Gasteiger partial charge in [0, 0.05) is 10.8 Å². The highest BCUT2D eigenvalue weighted by Crippen LogP contribution is 2.49. The molecule has 0 unspecified atom stereocenters. The molecule has 3 atom stereocenters. The van der Waals surface area contributed by atoms with Gasteiger partial charge in [-0.1, -0.05) is 65.9 Å². The van der Waals surface area contributed by atoms with Gasteiger partial charge in [-0.3, -0.25) is 0 Å². The van der Waals surface area contributed by atoms with Crippen molar-refractivity contribution in [3.05, 3.63) is 76.7 Å². The molecule has 1 saturated heterocycles. The number of hydrogen-bond donors (Lipinski definition) is 0. The second kappa shape index (κ2) is 7.83. The van der Waals surface area contributed by atoms with Crippen molar-refractivity contribution >= 4 is 11.8 Å². The first kappa shape index (κ1) is 18.8. The molecule has 4 rings (SSSR count). The Bertz CT molecular complexity index is 795. The van der Waals surface area contributed by atoms with Gasteiger partial charge in [0.25, 0.3) is 0 Å². The van der Waals surface area contributed by atoms with E-state index in [2.05, 4.69) is 67.6 Å². The van der Waals surface area contributed by atoms with Crippen molar-refractivity contribution in [1.29, 1.82) is 0 Å². The van der Waals surface area contributed by atoms with Gasteiger partial charge in [0.2, 0.25) is 0 Å². The van der Waals surface area contributed by atoms with Crippen LogP contribution in [-0.4, -0.2) is 12.4 Å². The average Bonchev–Trinajstić information content (AvgIpc) is 3.11. The van der Waals surface area contributed by atoms with Crippen molar-refractivity contribution in [2.75, 3.05) is 6.61 Å². The highest BCUT2D eigenvalue weighted by molar-refractivity contribution is 8.03. The Kier molecular flexibility index (Phi) is 5.45. The summed E-state index contributed by atoms with van der Waals surface area (Å²) >= 11 is 1.91. The molecule has 0 saturated carbocycles. The maximum Gasteiger partial charge on any atom is 0.163 e. The van der Waals surface area contributed by atoms with Crippen LogP contribution in [0, 0.1) is 18.8 Å². The van der Waals surface area contributed by atoms with Crippen LogP contribution in [0.2, 0.25) is 0 Å². The van der Waals surface area contributed by atoms with E-state index in [-0.39, 0.29) is 6.10 Å². The van der Waals surface area contributed by atoms with Crippen LogP contribution in [0.1, 0.15) is 43.9 Å². The minimum absolute atomic E-state index is 0.0695. The fourth-order valence-electron chi connectivity index (χ4n) is 4.08. The SMILES string of the molecule is Cc1ccc(SC2=CCC[C@@H]2[C@@H]2COC(C)(C)O[C@@H]2c2ccccc2)cc1. The Morgan fingerprint density at radius 2 is 1.74 bits per heavy atom. The average molecular weight is 381 g/mol. The molecule has 27 heavy (non-hydrogen) atoms. The first-order chi connectivity index (χ1) is 13.0. The van der Waals surface area contributed by atoms with Crippen LogP contribution in [0.3, 0.4) is 0 Å². The monoisotopic (exact) mass is 380 g/mol. The normalized spacial score (nSPS) is 27.4. The number of ether oxygens (including phenoxy) is 2. The van der Waals surface area contributed by atoms with E-state index in [9.17, 15) is 0 Å². The Hall–Kier alpha value is -1.55. The molecule has 1 heterocycles. The lowest BCUT2D eigenvalue weighted by Crippen LogP contribution is -2.43. The van der Waals surface area contributed by atoms with E-state index in [4.69, 9.17) is 9.47 Å². The summed E-state index contributed by atoms with van der Waals surface area (Å²) in [5.41, 5.74) is 2.56. The van der Waals surface area contributed by atoms with Crippen LogP contribution in [0.15, 0.2) is 70.5 Å². The molecule has 0 bridgehead atoms. The fourth-order valence-corrected chi connectivity index (χ4v) is 5.27. The second-order valence-corrected chi connectivity index (χ2v) is 9.18. The first-order valence-electron chi connectivity index (χ1n) is 9.83. The van der Waals surface area contributed by atoms with Gasteiger partial charge in [-0.25, -0.2) is 0 Å². The summed E-state index contributed by atoms with van der Waals surface area (Å²) in [5, 5.41) is 0. The lowest BCUT2D eigenvalue weighted by molar-refractivity contribution is -0.300. The molecule has 142 valence electrons. The van der Waals surface area contributed by atoms with E-state index in [1.54, 1.807) is 0 Å². The van der Waals surface area contributed by atoms with Crippen LogP contribution in [0.4, 0.5) is 0 Å². The molecule has 2 nitrogen and oxygen atoms in total. The number of aryl methyl sites for hydroxylation is 1. The van der Waals surface area contributed by atoms with Crippen molar-refractivity contribution < 1.29 is 9.47 Å². The van der Waals surface area contributed by atoms with Gasteiger partial charge in [0.05, 0.1) is 12.7 Å². The van der Waals surface area contributed by atoms with Crippen LogP contribution in [0.25, 0.3) is 0 Å². The third-order valence-corrected chi connectivity index (χ3v) is 6.73. The number of thioether (sulfide) groups is 1. The van der Waals surface area contributed by atoms with Crippen molar-refractivity contribution in [3.8, 4) is 0 Å². The van der Waals surface area contributed by atoms with Crippen LogP contribution < -0.4 is 0 Å². The maximum atomic E-state index is 6.44. The standard InChI is InChI=1S/C24H28O2S/c1-17-12-14-19(15-13-17)27-22-11-7-10-20(22)21-16-25-24(2,3)26-23(21)18-8-5-4-6-9-18/h4-6,8-9,11-15,20-21,23H,7,10,16H2,1-3H3/t20-,21+,23-/m1/s1. The number of rotatable bonds is 4. The van der Waals surface area contributed by atoms with E-state index in [1.165, 1.54) is 27.3 Å². The number of benzene rings is 2. The molecule has 2 aromatic carbocycles. The third kappa shape index (κ3) is 4.31. The Morgan fingerprint density at radius 3 is 2.48 bits per heavy atom. The van der Waals surface area contributed by atoms with Gasteiger partial charge in [0.1, 0.15) is 0 Å². The number of hydrogen-bond acceptors (Lipinski definition) is 3. The maximum absolute atomic E-state index is 6.44. The van der Waals surface area contributed by atoms with E-state index < -0.39 is 5.79 Å². The molecule has 1 fully saturated rings. The van der Waals surface area contributed by atoms with Gasteiger partial charge < -0.3 is 9.47 Å². The van der Waals surface area contributed by atoms with Crippen molar-refractivity contribution in [1.82, 2.24) is 0 Å². The van der Waals surface area contributed by atoms with Crippen LogP contribution in [-0.2, 0) is 9.47 Å². The van der Waals surface area contributed by atoms with Crippen LogP contribution in [0.5, 0.6) is 0 Å². The van der Waals surface area contributed by atoms with Gasteiger partial charge in [-0.05, 0) is 62.1 Å². The van der Waals surface area contributed by atoms with Gasteiger partial charge in [0.15, 0.2) is 5.79 Å². The summed E-state index contributed by atoms with van der Waals surface area (Å²) in [6.45, 7) is 6.91. The molecular formula is C24H28O2S. The summed E-state index contributed by atoms with van der Waals surface area (Å²) in [6.07, 6.45) is 4.80. The predicted molar refractivity (Wildman–Crippen MR) is 112 cm³/mol. The van der Waals surface area contributed by atoms with Crippen LogP contribution >= 0.6 is 11.8 Å². The molecule has 2 aliphatic rings. The quantitative estimate of drug-likeness (QED) is 0.601. The Morgan fingerprint density at radius 1 is 1.00 bits per heavy atom. The molecule has 1 aliphatic heterocycles. The summed E-state index contributed by atoms with van der Waals surface area (Å²) in [4.78, 5) is 2.78. The highest BCUT2D eigenvalue weighted by atomic mass is 32.2. The highest BCUT2D eigenvalue weighted by Gasteiger charge is 2.43. The summed E-state index contributed by atoms with van der Waals surface area (Å²) in [6, 6.07) is 19.5. The van der Waals surface area contributed by atoms with Gasteiger partial charge in [-0.15, -0.1) is 0 Å². The van der Waals surface area contributed by atoms with Crippen molar-refractivity contribution in [2.45, 2.75) is 50.4 Å². The molecule has 1 aliphatic carbocycles. The molecule has 0 N–H and O–H groups in total. The molecule has 2 aromatic rings. The zero-order chi connectivity index (χ0) is 18.9. The molecule has 3 heteroatoms. The number of allylic oxidation sites excluding steroid dienone is 2.